The minimum absolute atomic E-state index is 0.155. The third kappa shape index (κ3) is 2.80. The Morgan fingerprint density at radius 1 is 1.58 bits per heavy atom. The maximum absolute atomic E-state index is 10.6. The Morgan fingerprint density at radius 2 is 2.17 bits per heavy atom. The van der Waals surface area contributed by atoms with E-state index in [0.29, 0.717) is 6.42 Å². The average Bonchev–Trinajstić information content (AvgIpc) is 2.65. The zero-order chi connectivity index (χ0) is 9.24. The summed E-state index contributed by atoms with van der Waals surface area (Å²) in [5, 5.41) is 8.42. The standard InChI is InChI=1S/C7H11NO3S/c1-12(9,10)11-6-7(2-3-7)4-5-8/h2-4,6H2,1H3. The third-order valence-corrected chi connectivity index (χ3v) is 2.54. The van der Waals surface area contributed by atoms with Gasteiger partial charge in [0.2, 0.25) is 0 Å². The van der Waals surface area contributed by atoms with Crippen molar-refractivity contribution >= 4 is 10.1 Å². The van der Waals surface area contributed by atoms with E-state index in [2.05, 4.69) is 4.18 Å². The summed E-state index contributed by atoms with van der Waals surface area (Å²) in [5.41, 5.74) is -0.155. The van der Waals surface area contributed by atoms with Crippen molar-refractivity contribution in [2.75, 3.05) is 12.9 Å². The van der Waals surface area contributed by atoms with Gasteiger partial charge in [0.25, 0.3) is 10.1 Å². The highest BCUT2D eigenvalue weighted by molar-refractivity contribution is 7.85. The fourth-order valence-electron chi connectivity index (χ4n) is 0.949. The Hall–Kier alpha value is -0.600. The van der Waals surface area contributed by atoms with Crippen molar-refractivity contribution in [3.05, 3.63) is 0 Å². The zero-order valence-electron chi connectivity index (χ0n) is 6.91. The van der Waals surface area contributed by atoms with E-state index in [0.717, 1.165) is 19.1 Å². The van der Waals surface area contributed by atoms with Crippen molar-refractivity contribution in [2.45, 2.75) is 19.3 Å². The smallest absolute Gasteiger partial charge is 0.264 e. The van der Waals surface area contributed by atoms with Crippen molar-refractivity contribution < 1.29 is 12.6 Å². The van der Waals surface area contributed by atoms with Crippen molar-refractivity contribution in [3.8, 4) is 6.07 Å². The van der Waals surface area contributed by atoms with Crippen LogP contribution in [0.2, 0.25) is 0 Å². The van der Waals surface area contributed by atoms with Gasteiger partial charge < -0.3 is 0 Å². The van der Waals surface area contributed by atoms with Crippen LogP contribution in [0.1, 0.15) is 19.3 Å². The zero-order valence-corrected chi connectivity index (χ0v) is 7.73. The second-order valence-corrected chi connectivity index (χ2v) is 4.95. The summed E-state index contributed by atoms with van der Waals surface area (Å²) >= 11 is 0. The van der Waals surface area contributed by atoms with Crippen molar-refractivity contribution in [1.29, 1.82) is 5.26 Å². The maximum Gasteiger partial charge on any atom is 0.264 e. The highest BCUT2D eigenvalue weighted by Gasteiger charge is 2.43. The molecule has 4 nitrogen and oxygen atoms in total. The van der Waals surface area contributed by atoms with Crippen LogP contribution in [0.15, 0.2) is 0 Å². The third-order valence-electron chi connectivity index (χ3n) is 1.99. The van der Waals surface area contributed by atoms with E-state index in [1.807, 2.05) is 6.07 Å². The summed E-state index contributed by atoms with van der Waals surface area (Å²) in [6.45, 7) is 0.166. The van der Waals surface area contributed by atoms with E-state index in [1.54, 1.807) is 0 Å². The molecule has 12 heavy (non-hydrogen) atoms. The van der Waals surface area contributed by atoms with Crippen LogP contribution in [0.3, 0.4) is 0 Å². The molecule has 5 heteroatoms. The second-order valence-electron chi connectivity index (χ2n) is 3.30. The molecule has 0 N–H and O–H groups in total. The fourth-order valence-corrected chi connectivity index (χ4v) is 1.41. The Morgan fingerprint density at radius 3 is 2.50 bits per heavy atom. The molecule has 0 heterocycles. The number of nitrogens with zero attached hydrogens (tertiary/aromatic N) is 1. The van der Waals surface area contributed by atoms with Crippen LogP contribution in [0.5, 0.6) is 0 Å². The molecular formula is C7H11NO3S. The monoisotopic (exact) mass is 189 g/mol. The largest absolute Gasteiger partial charge is 0.270 e. The van der Waals surface area contributed by atoms with E-state index < -0.39 is 10.1 Å². The summed E-state index contributed by atoms with van der Waals surface area (Å²) in [5.74, 6) is 0. The van der Waals surface area contributed by atoms with Crippen molar-refractivity contribution in [2.24, 2.45) is 5.41 Å². The van der Waals surface area contributed by atoms with E-state index in [-0.39, 0.29) is 12.0 Å². The van der Waals surface area contributed by atoms with Gasteiger partial charge in [-0.2, -0.15) is 13.7 Å². The first-order valence-corrected chi connectivity index (χ1v) is 5.50. The van der Waals surface area contributed by atoms with Crippen LogP contribution in [-0.2, 0) is 14.3 Å². The lowest BCUT2D eigenvalue weighted by Crippen LogP contribution is -2.13. The second kappa shape index (κ2) is 3.04. The molecule has 0 radical (unpaired) electrons. The molecule has 0 aromatic heterocycles. The summed E-state index contributed by atoms with van der Waals surface area (Å²) in [6, 6.07) is 2.03. The number of rotatable bonds is 4. The SMILES string of the molecule is CS(=O)(=O)OCC1(CC#N)CC1. The lowest BCUT2D eigenvalue weighted by atomic mass is 10.1. The van der Waals surface area contributed by atoms with Crippen LogP contribution in [0, 0.1) is 16.7 Å². The van der Waals surface area contributed by atoms with Crippen molar-refractivity contribution in [3.63, 3.8) is 0 Å². The molecule has 1 aliphatic carbocycles. The minimum atomic E-state index is -3.35. The summed E-state index contributed by atoms with van der Waals surface area (Å²) in [7, 11) is -3.35. The molecule has 1 fully saturated rings. The first-order valence-electron chi connectivity index (χ1n) is 3.69. The van der Waals surface area contributed by atoms with Gasteiger partial charge in [0.15, 0.2) is 0 Å². The lowest BCUT2D eigenvalue weighted by Gasteiger charge is -2.08. The van der Waals surface area contributed by atoms with Gasteiger partial charge in [0, 0.05) is 11.8 Å². The summed E-state index contributed by atoms with van der Waals surface area (Å²) in [4.78, 5) is 0. The van der Waals surface area contributed by atoms with Crippen LogP contribution in [0.4, 0.5) is 0 Å². The predicted molar refractivity (Wildman–Crippen MR) is 42.7 cm³/mol. The first kappa shape index (κ1) is 9.49. The van der Waals surface area contributed by atoms with Gasteiger partial charge >= 0.3 is 0 Å². The van der Waals surface area contributed by atoms with Crippen LogP contribution < -0.4 is 0 Å². The molecule has 0 spiro atoms. The summed E-state index contributed by atoms with van der Waals surface area (Å²) < 4.78 is 25.8. The fraction of sp³-hybridized carbons (Fsp3) is 0.857. The van der Waals surface area contributed by atoms with Crippen LogP contribution >= 0.6 is 0 Å². The molecule has 0 aliphatic heterocycles. The maximum atomic E-state index is 10.6. The predicted octanol–water partition coefficient (Wildman–Crippen LogP) is 0.656. The quantitative estimate of drug-likeness (QED) is 0.609. The highest BCUT2D eigenvalue weighted by Crippen LogP contribution is 2.48. The first-order chi connectivity index (χ1) is 5.47. The normalized spacial score (nSPS) is 20.0. The molecule has 0 aromatic carbocycles. The van der Waals surface area contributed by atoms with E-state index in [9.17, 15) is 8.42 Å². The highest BCUT2D eigenvalue weighted by atomic mass is 32.2. The van der Waals surface area contributed by atoms with Gasteiger partial charge in [0.1, 0.15) is 0 Å². The van der Waals surface area contributed by atoms with Crippen molar-refractivity contribution in [1.82, 2.24) is 0 Å². The lowest BCUT2D eigenvalue weighted by molar-refractivity contribution is 0.244. The molecule has 1 saturated carbocycles. The number of hydrogen-bond acceptors (Lipinski definition) is 4. The molecule has 0 atom stereocenters. The molecule has 68 valence electrons. The van der Waals surface area contributed by atoms with Gasteiger partial charge in [-0.3, -0.25) is 4.18 Å². The molecule has 0 bridgehead atoms. The van der Waals surface area contributed by atoms with E-state index >= 15 is 0 Å². The minimum Gasteiger partial charge on any atom is -0.270 e. The van der Waals surface area contributed by atoms with Gasteiger partial charge in [-0.25, -0.2) is 0 Å². The van der Waals surface area contributed by atoms with Gasteiger partial charge in [0.05, 0.1) is 18.9 Å². The Kier molecular flexibility index (Phi) is 2.40. The summed E-state index contributed by atoms with van der Waals surface area (Å²) in [6.07, 6.45) is 3.21. The number of nitriles is 1. The van der Waals surface area contributed by atoms with Gasteiger partial charge in [-0.1, -0.05) is 0 Å². The Balaban J connectivity index is 2.38. The van der Waals surface area contributed by atoms with Gasteiger partial charge in [-0.15, -0.1) is 0 Å². The molecule has 1 aliphatic rings. The van der Waals surface area contributed by atoms with E-state index in [4.69, 9.17) is 5.26 Å². The average molecular weight is 189 g/mol. The number of hydrogen-bond donors (Lipinski definition) is 0. The van der Waals surface area contributed by atoms with E-state index in [1.165, 1.54) is 0 Å². The molecule has 1 rings (SSSR count). The Labute approximate surface area is 72.3 Å². The Bertz CT molecular complexity index is 297. The molecule has 0 saturated heterocycles. The van der Waals surface area contributed by atoms with Gasteiger partial charge in [-0.05, 0) is 12.8 Å². The molecule has 0 aromatic rings. The molecular weight excluding hydrogens is 178 g/mol. The molecule has 0 unspecified atom stereocenters. The van der Waals surface area contributed by atoms with Crippen LogP contribution in [-0.4, -0.2) is 21.3 Å². The molecule has 0 amide bonds. The topological polar surface area (TPSA) is 67.2 Å². The van der Waals surface area contributed by atoms with Crippen LogP contribution in [0.25, 0.3) is 0 Å².